The van der Waals surface area contributed by atoms with E-state index in [-0.39, 0.29) is 30.1 Å². The summed E-state index contributed by atoms with van der Waals surface area (Å²) in [4.78, 5) is 23.1. The van der Waals surface area contributed by atoms with Gasteiger partial charge >= 0.3 is 0 Å². The van der Waals surface area contributed by atoms with Crippen molar-refractivity contribution in [3.63, 3.8) is 0 Å². The normalized spacial score (nSPS) is 12.1. The number of carbonyl (C=O) groups is 2. The number of carbonyl (C=O) groups excluding carboxylic acids is 2. The molecule has 0 radical (unpaired) electrons. The molecule has 5 heteroatoms. The van der Waals surface area contributed by atoms with E-state index in [0.717, 1.165) is 0 Å². The van der Waals surface area contributed by atoms with Gasteiger partial charge in [-0.1, -0.05) is 26.0 Å². The maximum absolute atomic E-state index is 13.4. The van der Waals surface area contributed by atoms with Gasteiger partial charge in [-0.25, -0.2) is 4.39 Å². The fourth-order valence-electron chi connectivity index (χ4n) is 1.80. The Bertz CT molecular complexity index is 501. The van der Waals surface area contributed by atoms with Crippen LogP contribution in [0.3, 0.4) is 0 Å². The fourth-order valence-corrected chi connectivity index (χ4v) is 1.80. The molecule has 110 valence electrons. The van der Waals surface area contributed by atoms with Gasteiger partial charge in [-0.3, -0.25) is 9.59 Å². The van der Waals surface area contributed by atoms with Crippen molar-refractivity contribution in [2.24, 2.45) is 5.92 Å². The molecule has 20 heavy (non-hydrogen) atoms. The Morgan fingerprint density at radius 3 is 2.45 bits per heavy atom. The molecule has 0 saturated carbocycles. The van der Waals surface area contributed by atoms with Crippen molar-refractivity contribution in [2.45, 2.75) is 40.3 Å². The van der Waals surface area contributed by atoms with Gasteiger partial charge in [0.2, 0.25) is 11.8 Å². The number of aryl methyl sites for hydroxylation is 1. The summed E-state index contributed by atoms with van der Waals surface area (Å²) in [6, 6.07) is 4.26. The fraction of sp³-hybridized carbons (Fsp3) is 0.467. The quantitative estimate of drug-likeness (QED) is 0.865. The van der Waals surface area contributed by atoms with Crippen molar-refractivity contribution in [2.75, 3.05) is 0 Å². The number of amides is 2. The Morgan fingerprint density at radius 2 is 1.95 bits per heavy atom. The number of halogens is 1. The van der Waals surface area contributed by atoms with Crippen LogP contribution in [-0.4, -0.2) is 17.9 Å². The highest BCUT2D eigenvalue weighted by atomic mass is 19.1. The summed E-state index contributed by atoms with van der Waals surface area (Å²) in [5.41, 5.74) is 1.25. The van der Waals surface area contributed by atoms with E-state index in [1.54, 1.807) is 19.1 Å². The minimum Gasteiger partial charge on any atom is -0.350 e. The first kappa shape index (κ1) is 16.1. The summed E-state index contributed by atoms with van der Waals surface area (Å²) >= 11 is 0. The number of benzene rings is 1. The van der Waals surface area contributed by atoms with E-state index in [1.165, 1.54) is 13.0 Å². The van der Waals surface area contributed by atoms with E-state index in [4.69, 9.17) is 0 Å². The van der Waals surface area contributed by atoms with Crippen molar-refractivity contribution in [3.05, 3.63) is 35.1 Å². The minimum absolute atomic E-state index is 0.0198. The molecule has 1 aromatic rings. The summed E-state index contributed by atoms with van der Waals surface area (Å²) in [6.07, 6.45) is 0. The molecule has 0 heterocycles. The highest BCUT2D eigenvalue weighted by molar-refractivity contribution is 5.86. The summed E-state index contributed by atoms with van der Waals surface area (Å²) in [6.45, 7) is 7.00. The van der Waals surface area contributed by atoms with E-state index < -0.39 is 6.04 Å². The smallest absolute Gasteiger partial charge is 0.243 e. The first-order chi connectivity index (χ1) is 9.31. The summed E-state index contributed by atoms with van der Waals surface area (Å²) in [5.74, 6) is -0.830. The zero-order valence-electron chi connectivity index (χ0n) is 12.3. The third-order valence-corrected chi connectivity index (χ3v) is 3.01. The third-order valence-electron chi connectivity index (χ3n) is 3.01. The highest BCUT2D eigenvalue weighted by Gasteiger charge is 2.22. The summed E-state index contributed by atoms with van der Waals surface area (Å²) < 4.78 is 13.4. The Hall–Kier alpha value is -1.91. The molecule has 0 aromatic heterocycles. The molecule has 0 spiro atoms. The molecule has 0 bridgehead atoms. The molecule has 0 aliphatic carbocycles. The van der Waals surface area contributed by atoms with Crippen LogP contribution in [0, 0.1) is 18.7 Å². The third kappa shape index (κ3) is 4.64. The zero-order chi connectivity index (χ0) is 15.3. The van der Waals surface area contributed by atoms with Crippen LogP contribution in [0.2, 0.25) is 0 Å². The molecule has 0 fully saturated rings. The van der Waals surface area contributed by atoms with Crippen LogP contribution in [0.4, 0.5) is 4.39 Å². The Kier molecular flexibility index (Phi) is 5.67. The van der Waals surface area contributed by atoms with Crippen molar-refractivity contribution in [1.29, 1.82) is 0 Å². The predicted molar refractivity (Wildman–Crippen MR) is 75.4 cm³/mol. The number of nitrogens with one attached hydrogen (secondary N) is 2. The number of hydrogen-bond donors (Lipinski definition) is 2. The van der Waals surface area contributed by atoms with Gasteiger partial charge in [0, 0.05) is 13.5 Å². The van der Waals surface area contributed by atoms with E-state index >= 15 is 0 Å². The zero-order valence-corrected chi connectivity index (χ0v) is 12.3. The SMILES string of the molecule is CC(=O)N[C@@H](C(=O)NCc1ccc(C)c(F)c1)C(C)C. The van der Waals surface area contributed by atoms with Gasteiger partial charge in [-0.15, -0.1) is 0 Å². The van der Waals surface area contributed by atoms with Crippen LogP contribution in [-0.2, 0) is 16.1 Å². The van der Waals surface area contributed by atoms with Gasteiger partial charge in [-0.2, -0.15) is 0 Å². The Morgan fingerprint density at radius 1 is 1.30 bits per heavy atom. The van der Waals surface area contributed by atoms with Gasteiger partial charge in [0.25, 0.3) is 0 Å². The number of rotatable bonds is 5. The van der Waals surface area contributed by atoms with Crippen LogP contribution >= 0.6 is 0 Å². The highest BCUT2D eigenvalue weighted by Crippen LogP contribution is 2.09. The lowest BCUT2D eigenvalue weighted by Gasteiger charge is -2.21. The average Bonchev–Trinajstić information content (AvgIpc) is 2.36. The first-order valence-electron chi connectivity index (χ1n) is 6.61. The molecule has 2 N–H and O–H groups in total. The van der Waals surface area contributed by atoms with Gasteiger partial charge < -0.3 is 10.6 Å². The summed E-state index contributed by atoms with van der Waals surface area (Å²) in [7, 11) is 0. The molecule has 0 unspecified atom stereocenters. The molecule has 0 aliphatic heterocycles. The lowest BCUT2D eigenvalue weighted by molar-refractivity contribution is -0.129. The van der Waals surface area contributed by atoms with Gasteiger partial charge in [0.1, 0.15) is 11.9 Å². The minimum atomic E-state index is -0.581. The van der Waals surface area contributed by atoms with Crippen molar-refractivity contribution in [3.8, 4) is 0 Å². The molecule has 0 aliphatic rings. The largest absolute Gasteiger partial charge is 0.350 e. The molecule has 1 atom stereocenters. The Balaban J connectivity index is 2.64. The van der Waals surface area contributed by atoms with Crippen molar-refractivity contribution in [1.82, 2.24) is 10.6 Å². The lowest BCUT2D eigenvalue weighted by Crippen LogP contribution is -2.48. The maximum Gasteiger partial charge on any atom is 0.243 e. The van der Waals surface area contributed by atoms with Crippen LogP contribution < -0.4 is 10.6 Å². The van der Waals surface area contributed by atoms with E-state index in [0.29, 0.717) is 11.1 Å². The second-order valence-corrected chi connectivity index (χ2v) is 5.22. The molecule has 0 saturated heterocycles. The van der Waals surface area contributed by atoms with Gasteiger partial charge in [-0.05, 0) is 30.0 Å². The van der Waals surface area contributed by atoms with E-state index in [9.17, 15) is 14.0 Å². The Labute approximate surface area is 118 Å². The maximum atomic E-state index is 13.4. The van der Waals surface area contributed by atoms with E-state index in [1.807, 2.05) is 13.8 Å². The summed E-state index contributed by atoms with van der Waals surface area (Å²) in [5, 5.41) is 5.32. The average molecular weight is 280 g/mol. The monoisotopic (exact) mass is 280 g/mol. The first-order valence-corrected chi connectivity index (χ1v) is 6.61. The molecular weight excluding hydrogens is 259 g/mol. The van der Waals surface area contributed by atoms with Crippen LogP contribution in [0.5, 0.6) is 0 Å². The molecular formula is C15H21FN2O2. The molecule has 4 nitrogen and oxygen atoms in total. The lowest BCUT2D eigenvalue weighted by atomic mass is 10.0. The second kappa shape index (κ2) is 7.03. The van der Waals surface area contributed by atoms with Gasteiger partial charge in [0.05, 0.1) is 0 Å². The van der Waals surface area contributed by atoms with Crippen LogP contribution in [0.15, 0.2) is 18.2 Å². The molecule has 1 rings (SSSR count). The second-order valence-electron chi connectivity index (χ2n) is 5.22. The number of hydrogen-bond acceptors (Lipinski definition) is 2. The van der Waals surface area contributed by atoms with Crippen LogP contribution in [0.1, 0.15) is 31.9 Å². The molecule has 1 aromatic carbocycles. The van der Waals surface area contributed by atoms with E-state index in [2.05, 4.69) is 10.6 Å². The topological polar surface area (TPSA) is 58.2 Å². The predicted octanol–water partition coefficient (Wildman–Crippen LogP) is 1.91. The molecule has 2 amide bonds. The van der Waals surface area contributed by atoms with Crippen LogP contribution in [0.25, 0.3) is 0 Å². The van der Waals surface area contributed by atoms with Crippen molar-refractivity contribution >= 4 is 11.8 Å². The van der Waals surface area contributed by atoms with Gasteiger partial charge in [0.15, 0.2) is 0 Å². The standard InChI is InChI=1S/C15H21FN2O2/c1-9(2)14(18-11(4)19)15(20)17-8-12-6-5-10(3)13(16)7-12/h5-7,9,14H,8H2,1-4H3,(H,17,20)(H,18,19)/t14-/m1/s1. The van der Waals surface area contributed by atoms with Crippen molar-refractivity contribution < 1.29 is 14.0 Å².